The van der Waals surface area contributed by atoms with Gasteiger partial charge in [0.05, 0.1) is 0 Å². The van der Waals surface area contributed by atoms with Crippen LogP contribution in [0, 0.1) is 0 Å². The van der Waals surface area contributed by atoms with E-state index >= 15 is 0 Å². The minimum atomic E-state index is 0.581. The monoisotopic (exact) mass is 717 g/mol. The van der Waals surface area contributed by atoms with Gasteiger partial charge in [0, 0.05) is 43.8 Å². The first-order valence-electron chi connectivity index (χ1n) is 18.7. The quantitative estimate of drug-likeness (QED) is 0.171. The van der Waals surface area contributed by atoms with E-state index in [-0.39, 0.29) is 0 Å². The van der Waals surface area contributed by atoms with Gasteiger partial charge in [-0.2, -0.15) is 0 Å². The average Bonchev–Trinajstić information content (AvgIpc) is 3.86. The maximum absolute atomic E-state index is 6.60. The summed E-state index contributed by atoms with van der Waals surface area (Å²) in [6.45, 7) is 0. The third-order valence-electron chi connectivity index (χ3n) is 10.6. The SMILES string of the molecule is c1ccc(-c2ccc3oc4cccc(-c5nc(-c6ccccc6)nc(-c6ccc(-c7cccc8c7oc7cccc(-c9ccccc9)c78)cc6)n5)c4c3c2)cc1. The lowest BCUT2D eigenvalue weighted by Gasteiger charge is -2.10. The maximum Gasteiger partial charge on any atom is 0.164 e. The molecule has 5 nitrogen and oxygen atoms in total. The number of hydrogen-bond donors (Lipinski definition) is 0. The van der Waals surface area contributed by atoms with E-state index in [1.54, 1.807) is 0 Å². The van der Waals surface area contributed by atoms with Crippen LogP contribution in [0.25, 0.3) is 111 Å². The predicted molar refractivity (Wildman–Crippen MR) is 227 cm³/mol. The van der Waals surface area contributed by atoms with Gasteiger partial charge in [-0.25, -0.2) is 15.0 Å². The molecule has 0 amide bonds. The molecular weight excluding hydrogens is 687 g/mol. The van der Waals surface area contributed by atoms with Gasteiger partial charge < -0.3 is 8.83 Å². The van der Waals surface area contributed by atoms with Crippen molar-refractivity contribution in [2.75, 3.05) is 0 Å². The molecule has 5 heteroatoms. The van der Waals surface area contributed by atoms with Crippen LogP contribution in [0.15, 0.2) is 197 Å². The highest BCUT2D eigenvalue weighted by Crippen LogP contribution is 2.42. The molecule has 0 saturated carbocycles. The number of fused-ring (bicyclic) bond motifs is 6. The Hall–Kier alpha value is -7.63. The molecule has 0 bridgehead atoms. The molecule has 0 atom stereocenters. The topological polar surface area (TPSA) is 65.0 Å². The van der Waals surface area contributed by atoms with E-state index in [4.69, 9.17) is 23.8 Å². The van der Waals surface area contributed by atoms with Gasteiger partial charge >= 0.3 is 0 Å². The lowest BCUT2D eigenvalue weighted by Crippen LogP contribution is -2.00. The fourth-order valence-corrected chi connectivity index (χ4v) is 7.90. The van der Waals surface area contributed by atoms with Crippen molar-refractivity contribution in [1.29, 1.82) is 0 Å². The van der Waals surface area contributed by atoms with Gasteiger partial charge in [-0.3, -0.25) is 0 Å². The summed E-state index contributed by atoms with van der Waals surface area (Å²) >= 11 is 0. The first kappa shape index (κ1) is 31.9. The molecule has 11 aromatic rings. The minimum absolute atomic E-state index is 0.581. The van der Waals surface area contributed by atoms with E-state index in [1.807, 2.05) is 66.7 Å². The number of hydrogen-bond acceptors (Lipinski definition) is 5. The van der Waals surface area contributed by atoms with Gasteiger partial charge in [-0.05, 0) is 52.1 Å². The molecule has 0 aliphatic heterocycles. The molecule has 0 radical (unpaired) electrons. The van der Waals surface area contributed by atoms with E-state index < -0.39 is 0 Å². The summed E-state index contributed by atoms with van der Waals surface area (Å²) in [5.74, 6) is 1.77. The normalized spacial score (nSPS) is 11.6. The van der Waals surface area contributed by atoms with E-state index in [9.17, 15) is 0 Å². The van der Waals surface area contributed by atoms with Crippen LogP contribution in [-0.4, -0.2) is 15.0 Å². The van der Waals surface area contributed by atoms with Crippen molar-refractivity contribution >= 4 is 43.9 Å². The van der Waals surface area contributed by atoms with Crippen molar-refractivity contribution in [2.45, 2.75) is 0 Å². The highest BCUT2D eigenvalue weighted by atomic mass is 16.3. The molecule has 56 heavy (non-hydrogen) atoms. The van der Waals surface area contributed by atoms with E-state index in [1.165, 1.54) is 0 Å². The van der Waals surface area contributed by atoms with Gasteiger partial charge in [-0.15, -0.1) is 0 Å². The molecule has 0 unspecified atom stereocenters. The van der Waals surface area contributed by atoms with Crippen LogP contribution in [-0.2, 0) is 0 Å². The molecule has 3 heterocycles. The fraction of sp³-hybridized carbons (Fsp3) is 0. The Labute approximate surface area is 322 Å². The van der Waals surface area contributed by atoms with Crippen LogP contribution >= 0.6 is 0 Å². The summed E-state index contributed by atoms with van der Waals surface area (Å²) < 4.78 is 13.0. The number of nitrogens with zero attached hydrogens (tertiary/aromatic N) is 3. The third kappa shape index (κ3) is 5.37. The molecule has 0 spiro atoms. The summed E-state index contributed by atoms with van der Waals surface area (Å²) in [4.78, 5) is 15.3. The standard InChI is InChI=1S/C51H31N3O2/c1-4-13-32(14-5-1)37-29-30-43-42(31-37)47-41(22-12-23-44(47)55-43)51-53-49(35-17-8-3-9-18-35)52-50(54-51)36-27-25-34(26-28-36)39-20-10-21-40-46-38(33-15-6-2-7-16-33)19-11-24-45(46)56-48(39)40/h1-31H. The van der Waals surface area contributed by atoms with Gasteiger partial charge in [0.15, 0.2) is 17.5 Å². The molecule has 3 aromatic heterocycles. The minimum Gasteiger partial charge on any atom is -0.456 e. The summed E-state index contributed by atoms with van der Waals surface area (Å²) in [6.07, 6.45) is 0. The number of furan rings is 2. The van der Waals surface area contributed by atoms with Crippen molar-refractivity contribution in [2.24, 2.45) is 0 Å². The van der Waals surface area contributed by atoms with Crippen LogP contribution in [0.4, 0.5) is 0 Å². The molecule has 0 N–H and O–H groups in total. The second-order valence-electron chi connectivity index (χ2n) is 13.9. The third-order valence-corrected chi connectivity index (χ3v) is 10.6. The zero-order valence-electron chi connectivity index (χ0n) is 30.1. The van der Waals surface area contributed by atoms with Crippen LogP contribution in [0.5, 0.6) is 0 Å². The number of para-hydroxylation sites is 1. The second-order valence-corrected chi connectivity index (χ2v) is 13.9. The number of benzene rings is 8. The van der Waals surface area contributed by atoms with Gasteiger partial charge in [-0.1, -0.05) is 164 Å². The summed E-state index contributed by atoms with van der Waals surface area (Å²) in [7, 11) is 0. The molecule has 0 aliphatic rings. The first-order chi connectivity index (χ1) is 27.7. The van der Waals surface area contributed by atoms with Crippen LogP contribution in [0.2, 0.25) is 0 Å². The Morgan fingerprint density at radius 2 is 0.786 bits per heavy atom. The Morgan fingerprint density at radius 1 is 0.286 bits per heavy atom. The zero-order chi connectivity index (χ0) is 37.0. The zero-order valence-corrected chi connectivity index (χ0v) is 30.1. The largest absolute Gasteiger partial charge is 0.456 e. The lowest BCUT2D eigenvalue weighted by molar-refractivity contribution is 0.669. The molecule has 11 rings (SSSR count). The van der Waals surface area contributed by atoms with Crippen molar-refractivity contribution in [3.8, 4) is 67.5 Å². The summed E-state index contributed by atoms with van der Waals surface area (Å²) in [6, 6.07) is 64.4. The Kier molecular flexibility index (Phi) is 7.42. The number of aromatic nitrogens is 3. The molecule has 0 aliphatic carbocycles. The van der Waals surface area contributed by atoms with Crippen LogP contribution in [0.3, 0.4) is 0 Å². The first-order valence-corrected chi connectivity index (χ1v) is 18.7. The Morgan fingerprint density at radius 3 is 1.50 bits per heavy atom. The van der Waals surface area contributed by atoms with E-state index in [2.05, 4.69) is 121 Å². The van der Waals surface area contributed by atoms with E-state index in [0.29, 0.717) is 17.5 Å². The average molecular weight is 718 g/mol. The molecule has 262 valence electrons. The predicted octanol–water partition coefficient (Wildman–Crippen LogP) is 13.7. The Balaban J connectivity index is 1.04. The molecule has 0 fully saturated rings. The van der Waals surface area contributed by atoms with Crippen molar-refractivity contribution in [3.05, 3.63) is 188 Å². The molecular formula is C51H31N3O2. The lowest BCUT2D eigenvalue weighted by atomic mass is 9.97. The highest BCUT2D eigenvalue weighted by molar-refractivity contribution is 6.15. The summed E-state index contributed by atoms with van der Waals surface area (Å²) in [5, 5.41) is 4.20. The summed E-state index contributed by atoms with van der Waals surface area (Å²) in [5.41, 5.74) is 12.7. The number of rotatable bonds is 6. The molecule has 8 aromatic carbocycles. The second kappa shape index (κ2) is 13.0. The highest BCUT2D eigenvalue weighted by Gasteiger charge is 2.20. The smallest absolute Gasteiger partial charge is 0.164 e. The van der Waals surface area contributed by atoms with Crippen molar-refractivity contribution in [1.82, 2.24) is 15.0 Å². The molecule has 0 saturated heterocycles. The maximum atomic E-state index is 6.60. The van der Waals surface area contributed by atoms with Gasteiger partial charge in [0.2, 0.25) is 0 Å². The Bertz CT molecular complexity index is 3220. The van der Waals surface area contributed by atoms with Crippen molar-refractivity contribution < 1.29 is 8.83 Å². The van der Waals surface area contributed by atoms with E-state index in [0.717, 1.165) is 93.9 Å². The van der Waals surface area contributed by atoms with Gasteiger partial charge in [0.25, 0.3) is 0 Å². The van der Waals surface area contributed by atoms with Crippen molar-refractivity contribution in [3.63, 3.8) is 0 Å². The van der Waals surface area contributed by atoms with Gasteiger partial charge in [0.1, 0.15) is 22.3 Å². The van der Waals surface area contributed by atoms with Crippen LogP contribution < -0.4 is 0 Å². The van der Waals surface area contributed by atoms with Crippen LogP contribution in [0.1, 0.15) is 0 Å². The fourth-order valence-electron chi connectivity index (χ4n) is 7.90.